The largest absolute Gasteiger partial charge is 0.416 e. The third kappa shape index (κ3) is 6.75. The molecule has 0 saturated carbocycles. The number of anilines is 1. The van der Waals surface area contributed by atoms with Crippen molar-refractivity contribution in [3.63, 3.8) is 0 Å². The van der Waals surface area contributed by atoms with Gasteiger partial charge in [0.1, 0.15) is 0 Å². The zero-order valence-corrected chi connectivity index (χ0v) is 20.9. The van der Waals surface area contributed by atoms with Gasteiger partial charge < -0.3 is 15.2 Å². The van der Waals surface area contributed by atoms with Crippen LogP contribution in [0, 0.1) is 5.41 Å². The van der Waals surface area contributed by atoms with Gasteiger partial charge in [-0.05, 0) is 30.0 Å². The third-order valence-corrected chi connectivity index (χ3v) is 5.91. The van der Waals surface area contributed by atoms with Crippen molar-refractivity contribution in [3.05, 3.63) is 70.3 Å². The molecule has 4 aromatic rings. The summed E-state index contributed by atoms with van der Waals surface area (Å²) in [7, 11) is 0. The van der Waals surface area contributed by atoms with Gasteiger partial charge in [-0.25, -0.2) is 5.10 Å². The van der Waals surface area contributed by atoms with Crippen LogP contribution in [-0.2, 0) is 17.4 Å². The maximum absolute atomic E-state index is 12.9. The predicted octanol–water partition coefficient (Wildman–Crippen LogP) is 4.57. The number of rotatable bonds is 10. The number of fused-ring (bicyclic) bond motifs is 1. The number of hydrogen-bond donors (Lipinski definition) is 3. The fourth-order valence-electron chi connectivity index (χ4n) is 3.77. The number of aromatic amines is 1. The van der Waals surface area contributed by atoms with E-state index in [9.17, 15) is 22.8 Å². The second-order valence-electron chi connectivity index (χ2n) is 9.69. The number of carbonyl (C=O) groups excluding carboxylic acids is 1. The lowest BCUT2D eigenvalue weighted by Crippen LogP contribution is -2.38. The Kier molecular flexibility index (Phi) is 7.79. The molecule has 3 N–H and O–H groups in total. The van der Waals surface area contributed by atoms with Crippen LogP contribution < -0.4 is 16.2 Å². The number of amides is 1. The predicted molar refractivity (Wildman–Crippen MR) is 135 cm³/mol. The molecule has 9 nitrogen and oxygen atoms in total. The van der Waals surface area contributed by atoms with Crippen molar-refractivity contribution in [2.24, 2.45) is 5.41 Å². The van der Waals surface area contributed by atoms with Gasteiger partial charge in [0.05, 0.1) is 10.9 Å². The summed E-state index contributed by atoms with van der Waals surface area (Å²) in [5.74, 6) is 0.719. The molecule has 0 spiro atoms. The van der Waals surface area contributed by atoms with E-state index in [1.807, 2.05) is 26.0 Å². The Bertz CT molecular complexity index is 1480. The zero-order chi connectivity index (χ0) is 27.3. The van der Waals surface area contributed by atoms with Gasteiger partial charge in [-0.1, -0.05) is 49.3 Å². The highest BCUT2D eigenvalue weighted by molar-refractivity contribution is 5.90. The smallest absolute Gasteiger partial charge is 0.368 e. The van der Waals surface area contributed by atoms with E-state index in [-0.39, 0.29) is 40.6 Å². The van der Waals surface area contributed by atoms with E-state index < -0.39 is 11.7 Å². The fraction of sp³-hybridized carbons (Fsp3) is 0.346. The van der Waals surface area contributed by atoms with E-state index >= 15 is 0 Å². The molecule has 200 valence electrons. The van der Waals surface area contributed by atoms with Crippen molar-refractivity contribution in [3.8, 4) is 11.4 Å². The van der Waals surface area contributed by atoms with Crippen molar-refractivity contribution < 1.29 is 22.5 Å². The molecule has 0 fully saturated rings. The van der Waals surface area contributed by atoms with Crippen LogP contribution in [0.15, 0.2) is 57.8 Å². The fourth-order valence-corrected chi connectivity index (χ4v) is 3.77. The topological polar surface area (TPSA) is 126 Å². The van der Waals surface area contributed by atoms with E-state index in [2.05, 4.69) is 31.0 Å². The van der Waals surface area contributed by atoms with Crippen LogP contribution in [0.25, 0.3) is 22.2 Å². The number of H-pyrrole nitrogens is 1. The molecule has 0 bridgehead atoms. The lowest BCUT2D eigenvalue weighted by molar-refractivity contribution is -0.137. The SMILES string of the molecule is CC(C)(CNC(=O)CCCc1nc(-c2cccc(C(F)(F)F)c2)no1)CNc1n[nH]c(=O)c2ccccc12. The molecule has 38 heavy (non-hydrogen) atoms. The van der Waals surface area contributed by atoms with Gasteiger partial charge in [0.2, 0.25) is 17.6 Å². The van der Waals surface area contributed by atoms with Gasteiger partial charge in [0.15, 0.2) is 5.82 Å². The maximum Gasteiger partial charge on any atom is 0.416 e. The molecular formula is C26H27F3N6O3. The number of alkyl halides is 3. The number of halogens is 3. The molecule has 4 rings (SSSR count). The van der Waals surface area contributed by atoms with E-state index in [0.29, 0.717) is 42.5 Å². The van der Waals surface area contributed by atoms with E-state index in [1.54, 1.807) is 12.1 Å². The average molecular weight is 529 g/mol. The first kappa shape index (κ1) is 26.8. The summed E-state index contributed by atoms with van der Waals surface area (Å²) in [5, 5.41) is 17.8. The number of nitrogens with zero attached hydrogens (tertiary/aromatic N) is 3. The Morgan fingerprint density at radius 3 is 2.58 bits per heavy atom. The number of hydrogen-bond acceptors (Lipinski definition) is 7. The highest BCUT2D eigenvalue weighted by atomic mass is 19.4. The summed E-state index contributed by atoms with van der Waals surface area (Å²) in [6, 6.07) is 11.9. The number of nitrogens with one attached hydrogen (secondary N) is 3. The Balaban J connectivity index is 1.23. The maximum atomic E-state index is 12.9. The molecule has 2 aromatic heterocycles. The Hall–Kier alpha value is -4.22. The molecule has 0 saturated heterocycles. The van der Waals surface area contributed by atoms with Gasteiger partial charge in [-0.15, -0.1) is 0 Å². The summed E-state index contributed by atoms with van der Waals surface area (Å²) in [4.78, 5) is 28.5. The summed E-state index contributed by atoms with van der Waals surface area (Å²) in [6.45, 7) is 4.88. The van der Waals surface area contributed by atoms with Gasteiger partial charge in [0, 0.05) is 36.9 Å². The molecular weight excluding hydrogens is 501 g/mol. The van der Waals surface area contributed by atoms with Crippen LogP contribution in [0.1, 0.15) is 38.1 Å². The third-order valence-electron chi connectivity index (χ3n) is 5.91. The molecule has 0 aliphatic rings. The van der Waals surface area contributed by atoms with Gasteiger partial charge in [-0.3, -0.25) is 9.59 Å². The summed E-state index contributed by atoms with van der Waals surface area (Å²) in [5.41, 5.74) is -1.17. The number of aromatic nitrogens is 4. The van der Waals surface area contributed by atoms with Gasteiger partial charge >= 0.3 is 6.18 Å². The molecule has 2 heterocycles. The first-order valence-electron chi connectivity index (χ1n) is 12.0. The van der Waals surface area contributed by atoms with Crippen LogP contribution in [0.3, 0.4) is 0 Å². The van der Waals surface area contributed by atoms with Crippen molar-refractivity contribution >= 4 is 22.5 Å². The minimum atomic E-state index is -4.46. The average Bonchev–Trinajstić information content (AvgIpc) is 3.36. The molecule has 12 heteroatoms. The van der Waals surface area contributed by atoms with E-state index in [0.717, 1.165) is 12.1 Å². The summed E-state index contributed by atoms with van der Waals surface area (Å²) >= 11 is 0. The highest BCUT2D eigenvalue weighted by Crippen LogP contribution is 2.31. The first-order valence-corrected chi connectivity index (χ1v) is 12.0. The Labute approximate surface area is 215 Å². The normalized spacial score (nSPS) is 12.0. The number of aryl methyl sites for hydroxylation is 1. The second-order valence-corrected chi connectivity index (χ2v) is 9.69. The van der Waals surface area contributed by atoms with Crippen LogP contribution >= 0.6 is 0 Å². The van der Waals surface area contributed by atoms with Crippen LogP contribution in [0.2, 0.25) is 0 Å². The lowest BCUT2D eigenvalue weighted by atomic mass is 9.93. The summed E-state index contributed by atoms with van der Waals surface area (Å²) < 4.78 is 44.0. The number of benzene rings is 2. The van der Waals surface area contributed by atoms with Crippen LogP contribution in [-0.4, -0.2) is 39.3 Å². The second kappa shape index (κ2) is 11.0. The Morgan fingerprint density at radius 1 is 1.05 bits per heavy atom. The molecule has 2 aromatic carbocycles. The minimum Gasteiger partial charge on any atom is -0.368 e. The van der Waals surface area contributed by atoms with E-state index in [4.69, 9.17) is 4.52 Å². The van der Waals surface area contributed by atoms with Gasteiger partial charge in [-0.2, -0.15) is 23.3 Å². The molecule has 1 amide bonds. The van der Waals surface area contributed by atoms with Crippen LogP contribution in [0.5, 0.6) is 0 Å². The number of carbonyl (C=O) groups is 1. The minimum absolute atomic E-state index is 0.0644. The monoisotopic (exact) mass is 528 g/mol. The van der Waals surface area contributed by atoms with Crippen molar-refractivity contribution in [1.29, 1.82) is 0 Å². The van der Waals surface area contributed by atoms with E-state index in [1.165, 1.54) is 12.1 Å². The molecule has 0 aliphatic heterocycles. The Morgan fingerprint density at radius 2 is 1.82 bits per heavy atom. The molecule has 0 unspecified atom stereocenters. The van der Waals surface area contributed by atoms with Crippen LogP contribution in [0.4, 0.5) is 19.0 Å². The molecule has 0 aliphatic carbocycles. The first-order chi connectivity index (χ1) is 18.0. The standard InChI is InChI=1S/C26H27F3N6O3/c1-25(2,15-31-23-18-9-3-4-10-19(18)24(37)34-33-23)14-30-20(36)11-6-12-21-32-22(35-38-21)16-7-5-8-17(13-16)26(27,28)29/h3-5,7-10,13H,6,11-12,14-15H2,1-2H3,(H,30,36)(H,31,33)(H,34,37). The zero-order valence-electron chi connectivity index (χ0n) is 20.9. The molecule has 0 radical (unpaired) electrons. The lowest BCUT2D eigenvalue weighted by Gasteiger charge is -2.25. The van der Waals surface area contributed by atoms with Gasteiger partial charge in [0.25, 0.3) is 5.56 Å². The quantitative estimate of drug-likeness (QED) is 0.275. The van der Waals surface area contributed by atoms with Crippen molar-refractivity contribution in [2.75, 3.05) is 18.4 Å². The molecule has 0 atom stereocenters. The highest BCUT2D eigenvalue weighted by Gasteiger charge is 2.30. The van der Waals surface area contributed by atoms with Crippen molar-refractivity contribution in [2.45, 2.75) is 39.3 Å². The van der Waals surface area contributed by atoms with Crippen molar-refractivity contribution in [1.82, 2.24) is 25.7 Å². The summed E-state index contributed by atoms with van der Waals surface area (Å²) in [6.07, 6.45) is -3.50.